The van der Waals surface area contributed by atoms with Gasteiger partial charge in [0.15, 0.2) is 5.96 Å². The van der Waals surface area contributed by atoms with Crippen LogP contribution in [0, 0.1) is 5.92 Å². The highest BCUT2D eigenvalue weighted by Gasteiger charge is 2.38. The van der Waals surface area contributed by atoms with E-state index in [1.54, 1.807) is 7.11 Å². The van der Waals surface area contributed by atoms with E-state index in [1.807, 2.05) is 24.3 Å². The number of aliphatic imine (C=N–C) groups is 1. The highest BCUT2D eigenvalue weighted by atomic mass is 19.4. The number of alkyl halides is 6. The third-order valence-corrected chi connectivity index (χ3v) is 4.86. The number of piperidine rings is 1. The zero-order valence-corrected chi connectivity index (χ0v) is 21.5. The summed E-state index contributed by atoms with van der Waals surface area (Å²) in [5, 5.41) is 17.7. The van der Waals surface area contributed by atoms with E-state index in [2.05, 4.69) is 17.1 Å². The van der Waals surface area contributed by atoms with Crippen molar-refractivity contribution in [3.05, 3.63) is 24.3 Å². The predicted octanol–water partition coefficient (Wildman–Crippen LogP) is 3.83. The first kappa shape index (κ1) is 35.7. The number of nitrogens with one attached hydrogen (secondary N) is 1. The van der Waals surface area contributed by atoms with E-state index in [9.17, 15) is 26.3 Å². The van der Waals surface area contributed by atoms with Crippen molar-refractivity contribution in [2.24, 2.45) is 16.6 Å². The lowest BCUT2D eigenvalue weighted by Gasteiger charge is -2.33. The van der Waals surface area contributed by atoms with Gasteiger partial charge in [-0.3, -0.25) is 4.99 Å². The Hall–Kier alpha value is -3.27. The van der Waals surface area contributed by atoms with Crippen LogP contribution in [-0.2, 0) is 14.3 Å². The summed E-state index contributed by atoms with van der Waals surface area (Å²) in [7, 11) is 1.67. The number of methoxy groups -OCH3 is 1. The van der Waals surface area contributed by atoms with Crippen molar-refractivity contribution in [1.29, 1.82) is 0 Å². The molecule has 1 aliphatic rings. The molecule has 0 spiro atoms. The normalized spacial score (nSPS) is 14.4. The second-order valence-corrected chi connectivity index (χ2v) is 8.11. The van der Waals surface area contributed by atoms with Crippen LogP contribution in [0.15, 0.2) is 29.3 Å². The number of ether oxygens (including phenoxy) is 2. The van der Waals surface area contributed by atoms with Gasteiger partial charge in [0.05, 0.1) is 6.61 Å². The lowest BCUT2D eigenvalue weighted by atomic mass is 9.99. The second-order valence-electron chi connectivity index (χ2n) is 8.11. The van der Waals surface area contributed by atoms with Crippen molar-refractivity contribution in [2.45, 2.75) is 38.5 Å². The standard InChI is InChI=1S/C19H32N4O2.2C2HF3O2/c1-16-8-12-23(13-9-16)19(21-11-3-10-20)22-17-4-6-18(7-5-17)25-15-14-24-2;2*3-2(4,5)1(6)7/h4-7,16H,3,8-15,20H2,1-2H3,(H,21,22);2*(H,6,7). The molecule has 1 fully saturated rings. The molecular weight excluding hydrogens is 542 g/mol. The van der Waals surface area contributed by atoms with Crippen LogP contribution in [0.1, 0.15) is 26.2 Å². The third-order valence-electron chi connectivity index (χ3n) is 4.86. The van der Waals surface area contributed by atoms with Crippen LogP contribution in [-0.4, -0.2) is 91.9 Å². The van der Waals surface area contributed by atoms with Crippen molar-refractivity contribution < 1.29 is 55.6 Å². The fourth-order valence-corrected chi connectivity index (χ4v) is 2.72. The van der Waals surface area contributed by atoms with Crippen molar-refractivity contribution in [3.63, 3.8) is 0 Å². The number of carboxylic acids is 2. The summed E-state index contributed by atoms with van der Waals surface area (Å²) < 4.78 is 74.1. The Morgan fingerprint density at radius 1 is 1.03 bits per heavy atom. The molecule has 0 aliphatic carbocycles. The maximum absolute atomic E-state index is 10.6. The van der Waals surface area contributed by atoms with Crippen LogP contribution in [0.25, 0.3) is 0 Å². The van der Waals surface area contributed by atoms with Gasteiger partial charge in [-0.15, -0.1) is 0 Å². The van der Waals surface area contributed by atoms with Gasteiger partial charge < -0.3 is 35.6 Å². The van der Waals surface area contributed by atoms with E-state index in [0.29, 0.717) is 19.8 Å². The van der Waals surface area contributed by atoms with Gasteiger partial charge >= 0.3 is 24.3 Å². The topological polar surface area (TPSA) is 147 Å². The molecular formula is C23H34F6N4O6. The zero-order chi connectivity index (χ0) is 30.1. The summed E-state index contributed by atoms with van der Waals surface area (Å²) in [6.45, 7) is 6.98. The van der Waals surface area contributed by atoms with E-state index in [1.165, 1.54) is 12.8 Å². The number of nitrogens with two attached hydrogens (primary N) is 1. The van der Waals surface area contributed by atoms with E-state index < -0.39 is 24.3 Å². The van der Waals surface area contributed by atoms with Gasteiger partial charge in [-0.25, -0.2) is 9.59 Å². The van der Waals surface area contributed by atoms with Crippen molar-refractivity contribution in [3.8, 4) is 5.75 Å². The number of carboxylic acid groups (broad SMARTS) is 2. The SMILES string of the molecule is COCCOc1ccc(NC(=NCCCN)N2CCC(C)CC2)cc1.O=C(O)C(F)(F)F.O=C(O)C(F)(F)F. The zero-order valence-electron chi connectivity index (χ0n) is 21.5. The Balaban J connectivity index is 0.000000848. The Labute approximate surface area is 221 Å². The Morgan fingerprint density at radius 2 is 1.51 bits per heavy atom. The quantitative estimate of drug-likeness (QED) is 0.157. The van der Waals surface area contributed by atoms with Crippen molar-refractivity contribution >= 4 is 23.6 Å². The molecule has 1 saturated heterocycles. The summed E-state index contributed by atoms with van der Waals surface area (Å²) in [5.74, 6) is -2.92. The van der Waals surface area contributed by atoms with Crippen LogP contribution < -0.4 is 15.8 Å². The van der Waals surface area contributed by atoms with Crippen LogP contribution in [0.4, 0.5) is 32.0 Å². The fourth-order valence-electron chi connectivity index (χ4n) is 2.72. The molecule has 5 N–H and O–H groups in total. The molecule has 0 aromatic heterocycles. The van der Waals surface area contributed by atoms with Gasteiger partial charge in [-0.1, -0.05) is 6.92 Å². The largest absolute Gasteiger partial charge is 0.491 e. The lowest BCUT2D eigenvalue weighted by molar-refractivity contribution is -0.193. The Kier molecular flexibility index (Phi) is 16.6. The molecule has 0 saturated carbocycles. The van der Waals surface area contributed by atoms with Crippen LogP contribution in [0.2, 0.25) is 0 Å². The molecule has 0 atom stereocenters. The molecule has 0 amide bonds. The number of nitrogens with zero attached hydrogens (tertiary/aromatic N) is 2. The highest BCUT2D eigenvalue weighted by Crippen LogP contribution is 2.19. The Morgan fingerprint density at radius 3 is 1.92 bits per heavy atom. The third kappa shape index (κ3) is 17.0. The summed E-state index contributed by atoms with van der Waals surface area (Å²) in [5.41, 5.74) is 6.62. The lowest BCUT2D eigenvalue weighted by Crippen LogP contribution is -2.42. The van der Waals surface area contributed by atoms with E-state index in [4.69, 9.17) is 40.0 Å². The molecule has 10 nitrogen and oxygen atoms in total. The summed E-state index contributed by atoms with van der Waals surface area (Å²) in [6, 6.07) is 7.97. The molecule has 2 rings (SSSR count). The molecule has 224 valence electrons. The van der Waals surface area contributed by atoms with Gasteiger partial charge in [0.2, 0.25) is 0 Å². The summed E-state index contributed by atoms with van der Waals surface area (Å²) in [6.07, 6.45) is -6.84. The van der Waals surface area contributed by atoms with E-state index in [-0.39, 0.29) is 0 Å². The minimum Gasteiger partial charge on any atom is -0.491 e. The minimum absolute atomic E-state index is 0.557. The first-order valence-corrected chi connectivity index (χ1v) is 11.7. The molecule has 0 radical (unpaired) electrons. The number of aliphatic carboxylic acids is 2. The molecule has 16 heteroatoms. The number of likely N-dealkylation sites (tertiary alicyclic amines) is 1. The van der Waals surface area contributed by atoms with Crippen molar-refractivity contribution in [1.82, 2.24) is 4.90 Å². The van der Waals surface area contributed by atoms with E-state index >= 15 is 0 Å². The molecule has 0 bridgehead atoms. The van der Waals surface area contributed by atoms with Gasteiger partial charge in [0, 0.05) is 32.4 Å². The van der Waals surface area contributed by atoms with E-state index in [0.717, 1.165) is 49.4 Å². The minimum atomic E-state index is -5.08. The number of guanidine groups is 1. The van der Waals surface area contributed by atoms with Gasteiger partial charge in [-0.2, -0.15) is 26.3 Å². The van der Waals surface area contributed by atoms with Gasteiger partial charge in [0.1, 0.15) is 12.4 Å². The number of benzene rings is 1. The number of hydrogen-bond acceptors (Lipinski definition) is 6. The molecule has 39 heavy (non-hydrogen) atoms. The summed E-state index contributed by atoms with van der Waals surface area (Å²) >= 11 is 0. The second kappa shape index (κ2) is 18.1. The first-order valence-electron chi connectivity index (χ1n) is 11.7. The predicted molar refractivity (Wildman–Crippen MR) is 131 cm³/mol. The maximum atomic E-state index is 10.6. The summed E-state index contributed by atoms with van der Waals surface area (Å²) in [4.78, 5) is 24.9. The van der Waals surface area contributed by atoms with Gasteiger partial charge in [0.25, 0.3) is 0 Å². The number of hydrogen-bond donors (Lipinski definition) is 4. The van der Waals surface area contributed by atoms with Crippen LogP contribution in [0.3, 0.4) is 0 Å². The number of anilines is 1. The molecule has 1 aromatic rings. The molecule has 1 aromatic carbocycles. The van der Waals surface area contributed by atoms with Gasteiger partial charge in [-0.05, 0) is 56.0 Å². The van der Waals surface area contributed by atoms with Crippen molar-refractivity contribution in [2.75, 3.05) is 51.8 Å². The number of halogens is 6. The number of carbonyl (C=O) groups is 2. The first-order chi connectivity index (χ1) is 18.1. The average molecular weight is 577 g/mol. The number of rotatable bonds is 8. The maximum Gasteiger partial charge on any atom is 0.490 e. The average Bonchev–Trinajstić information content (AvgIpc) is 2.85. The van der Waals surface area contributed by atoms with Crippen LogP contribution >= 0.6 is 0 Å². The van der Waals surface area contributed by atoms with Crippen LogP contribution in [0.5, 0.6) is 5.75 Å². The smallest absolute Gasteiger partial charge is 0.490 e. The highest BCUT2D eigenvalue weighted by molar-refractivity contribution is 5.93. The fraction of sp³-hybridized carbons (Fsp3) is 0.609. The molecule has 1 aliphatic heterocycles. The Bertz CT molecular complexity index is 849. The molecule has 1 heterocycles. The molecule has 0 unspecified atom stereocenters. The monoisotopic (exact) mass is 576 g/mol.